The lowest BCUT2D eigenvalue weighted by atomic mass is 9.98. The second-order valence-corrected chi connectivity index (χ2v) is 5.99. The van der Waals surface area contributed by atoms with Gasteiger partial charge in [-0.3, -0.25) is 0 Å². The van der Waals surface area contributed by atoms with Crippen LogP contribution in [0.5, 0.6) is 0 Å². The Morgan fingerprint density at radius 3 is 2.94 bits per heavy atom. The first-order valence-electron chi connectivity index (χ1n) is 6.44. The van der Waals surface area contributed by atoms with Crippen LogP contribution in [0.4, 0.5) is 4.39 Å². The fourth-order valence-corrected chi connectivity index (χ4v) is 2.90. The molecule has 0 saturated carbocycles. The van der Waals surface area contributed by atoms with Crippen molar-refractivity contribution >= 4 is 15.9 Å². The fourth-order valence-electron chi connectivity index (χ4n) is 2.42. The first-order chi connectivity index (χ1) is 8.58. The Morgan fingerprint density at radius 2 is 2.28 bits per heavy atom. The molecule has 0 bridgehead atoms. The molecule has 1 N–H and O–H groups in total. The maximum atomic E-state index is 13.7. The zero-order chi connectivity index (χ0) is 13.1. The van der Waals surface area contributed by atoms with Crippen LogP contribution in [0.2, 0.25) is 0 Å². The number of nitrogens with zero attached hydrogens (tertiary/aromatic N) is 1. The summed E-state index contributed by atoms with van der Waals surface area (Å²) in [5.74, 6) is -0.141. The number of benzene rings is 1. The Morgan fingerprint density at radius 1 is 1.50 bits per heavy atom. The van der Waals surface area contributed by atoms with Gasteiger partial charge in [0, 0.05) is 28.7 Å². The van der Waals surface area contributed by atoms with Crippen molar-refractivity contribution in [2.45, 2.75) is 38.4 Å². The van der Waals surface area contributed by atoms with Crippen LogP contribution in [0.3, 0.4) is 0 Å². The maximum absolute atomic E-state index is 13.7. The summed E-state index contributed by atoms with van der Waals surface area (Å²) < 4.78 is 14.5. The minimum Gasteiger partial charge on any atom is -0.310 e. The van der Waals surface area contributed by atoms with Gasteiger partial charge in [-0.2, -0.15) is 0 Å². The van der Waals surface area contributed by atoms with Gasteiger partial charge in [0.1, 0.15) is 5.82 Å². The van der Waals surface area contributed by atoms with E-state index in [4.69, 9.17) is 0 Å². The molecule has 1 aromatic rings. The highest BCUT2D eigenvalue weighted by Crippen LogP contribution is 2.21. The molecule has 1 aliphatic heterocycles. The van der Waals surface area contributed by atoms with E-state index in [9.17, 15) is 4.39 Å². The summed E-state index contributed by atoms with van der Waals surface area (Å²) in [7, 11) is 2.16. The summed E-state index contributed by atoms with van der Waals surface area (Å²) in [6.07, 6.45) is 2.26. The summed E-state index contributed by atoms with van der Waals surface area (Å²) in [4.78, 5) is 2.37. The quantitative estimate of drug-likeness (QED) is 0.922. The van der Waals surface area contributed by atoms with E-state index in [-0.39, 0.29) is 5.82 Å². The zero-order valence-electron chi connectivity index (χ0n) is 10.9. The monoisotopic (exact) mass is 314 g/mol. The predicted molar refractivity (Wildman–Crippen MR) is 76.1 cm³/mol. The van der Waals surface area contributed by atoms with E-state index < -0.39 is 0 Å². The molecule has 0 unspecified atom stereocenters. The molecule has 0 radical (unpaired) electrons. The molecule has 0 amide bonds. The van der Waals surface area contributed by atoms with Crippen molar-refractivity contribution in [3.05, 3.63) is 34.1 Å². The van der Waals surface area contributed by atoms with Gasteiger partial charge in [0.25, 0.3) is 0 Å². The molecule has 0 aromatic heterocycles. The van der Waals surface area contributed by atoms with Crippen molar-refractivity contribution in [3.8, 4) is 0 Å². The molecule has 100 valence electrons. The van der Waals surface area contributed by atoms with E-state index in [0.29, 0.717) is 18.6 Å². The molecule has 1 aromatic carbocycles. The molecule has 1 fully saturated rings. The molecule has 0 aliphatic carbocycles. The highest BCUT2D eigenvalue weighted by atomic mass is 79.9. The van der Waals surface area contributed by atoms with Crippen molar-refractivity contribution < 1.29 is 4.39 Å². The molecule has 4 heteroatoms. The van der Waals surface area contributed by atoms with Gasteiger partial charge < -0.3 is 10.2 Å². The average molecular weight is 315 g/mol. The second-order valence-electron chi connectivity index (χ2n) is 5.13. The van der Waals surface area contributed by atoms with Crippen LogP contribution in [-0.4, -0.2) is 30.6 Å². The van der Waals surface area contributed by atoms with E-state index in [0.717, 1.165) is 29.4 Å². The van der Waals surface area contributed by atoms with Crippen LogP contribution in [0.15, 0.2) is 22.7 Å². The van der Waals surface area contributed by atoms with Crippen LogP contribution >= 0.6 is 15.9 Å². The average Bonchev–Trinajstić information content (AvgIpc) is 2.33. The van der Waals surface area contributed by atoms with Crippen molar-refractivity contribution in [3.63, 3.8) is 0 Å². The SMILES string of the molecule is C[C@@H]1C[C@H](NCc2c(F)cccc2Br)CCN1C. The maximum Gasteiger partial charge on any atom is 0.128 e. The third kappa shape index (κ3) is 3.31. The zero-order valence-corrected chi connectivity index (χ0v) is 12.5. The smallest absolute Gasteiger partial charge is 0.128 e. The first-order valence-corrected chi connectivity index (χ1v) is 7.23. The van der Waals surface area contributed by atoms with Crippen LogP contribution in [0.25, 0.3) is 0 Å². The van der Waals surface area contributed by atoms with Crippen LogP contribution in [-0.2, 0) is 6.54 Å². The Balaban J connectivity index is 1.92. The Hall–Kier alpha value is -0.450. The van der Waals surface area contributed by atoms with Crippen molar-refractivity contribution in [2.75, 3.05) is 13.6 Å². The van der Waals surface area contributed by atoms with Gasteiger partial charge in [0.15, 0.2) is 0 Å². The minimum atomic E-state index is -0.141. The van der Waals surface area contributed by atoms with Gasteiger partial charge in [0.05, 0.1) is 0 Å². The number of hydrogen-bond donors (Lipinski definition) is 1. The van der Waals surface area contributed by atoms with Gasteiger partial charge in [-0.15, -0.1) is 0 Å². The third-order valence-electron chi connectivity index (χ3n) is 3.84. The van der Waals surface area contributed by atoms with E-state index in [1.54, 1.807) is 6.07 Å². The molecule has 1 aliphatic rings. The largest absolute Gasteiger partial charge is 0.310 e. The van der Waals surface area contributed by atoms with Crippen molar-refractivity contribution in [1.82, 2.24) is 10.2 Å². The topological polar surface area (TPSA) is 15.3 Å². The van der Waals surface area contributed by atoms with Crippen LogP contribution < -0.4 is 5.32 Å². The molecular formula is C14H20BrFN2. The van der Waals surface area contributed by atoms with Gasteiger partial charge in [-0.1, -0.05) is 22.0 Å². The molecule has 2 rings (SSSR count). The Bertz CT molecular complexity index is 391. The number of halogens is 2. The number of nitrogens with one attached hydrogen (secondary N) is 1. The summed E-state index contributed by atoms with van der Waals surface area (Å²) in [5, 5.41) is 3.47. The summed E-state index contributed by atoms with van der Waals surface area (Å²) >= 11 is 3.41. The van der Waals surface area contributed by atoms with Crippen molar-refractivity contribution in [1.29, 1.82) is 0 Å². The van der Waals surface area contributed by atoms with Crippen LogP contribution in [0, 0.1) is 5.82 Å². The van der Waals surface area contributed by atoms with Crippen LogP contribution in [0.1, 0.15) is 25.3 Å². The van der Waals surface area contributed by atoms with Gasteiger partial charge >= 0.3 is 0 Å². The van der Waals surface area contributed by atoms with Gasteiger partial charge in [0.2, 0.25) is 0 Å². The molecule has 2 nitrogen and oxygen atoms in total. The number of piperidine rings is 1. The molecule has 2 atom stereocenters. The summed E-state index contributed by atoms with van der Waals surface area (Å²) in [6, 6.07) is 6.21. The molecule has 1 saturated heterocycles. The summed E-state index contributed by atoms with van der Waals surface area (Å²) in [5.41, 5.74) is 0.726. The fraction of sp³-hybridized carbons (Fsp3) is 0.571. The van der Waals surface area contributed by atoms with E-state index >= 15 is 0 Å². The lowest BCUT2D eigenvalue weighted by Gasteiger charge is -2.35. The lowest BCUT2D eigenvalue weighted by molar-refractivity contribution is 0.168. The number of likely N-dealkylation sites (tertiary alicyclic amines) is 1. The molecule has 1 heterocycles. The summed E-state index contributed by atoms with van der Waals surface area (Å²) in [6.45, 7) is 3.94. The van der Waals surface area contributed by atoms with Gasteiger partial charge in [-0.05, 0) is 45.5 Å². The highest BCUT2D eigenvalue weighted by Gasteiger charge is 2.22. The molecule has 0 spiro atoms. The third-order valence-corrected chi connectivity index (χ3v) is 4.58. The van der Waals surface area contributed by atoms with E-state index in [1.807, 2.05) is 6.07 Å². The van der Waals surface area contributed by atoms with E-state index in [1.165, 1.54) is 6.07 Å². The standard InChI is InChI=1S/C14H20BrFN2/c1-10-8-11(6-7-18(10)2)17-9-12-13(15)4-3-5-14(12)16/h3-5,10-11,17H,6-9H2,1-2H3/t10-,11-/m1/s1. The Labute approximate surface area is 117 Å². The van der Waals surface area contributed by atoms with E-state index in [2.05, 4.69) is 40.1 Å². The number of hydrogen-bond acceptors (Lipinski definition) is 2. The van der Waals surface area contributed by atoms with Crippen molar-refractivity contribution in [2.24, 2.45) is 0 Å². The lowest BCUT2D eigenvalue weighted by Crippen LogP contribution is -2.45. The Kier molecular flexibility index (Phi) is 4.76. The normalized spacial score (nSPS) is 25.3. The number of rotatable bonds is 3. The highest BCUT2D eigenvalue weighted by molar-refractivity contribution is 9.10. The first kappa shape index (κ1) is 14.0. The predicted octanol–water partition coefficient (Wildman–Crippen LogP) is 3.16. The molecular weight excluding hydrogens is 295 g/mol. The molecule has 18 heavy (non-hydrogen) atoms. The minimum absolute atomic E-state index is 0.141. The van der Waals surface area contributed by atoms with Gasteiger partial charge in [-0.25, -0.2) is 4.39 Å². The second kappa shape index (κ2) is 6.13.